The van der Waals surface area contributed by atoms with Gasteiger partial charge in [0.25, 0.3) is 0 Å². The van der Waals surface area contributed by atoms with Crippen molar-refractivity contribution in [2.75, 3.05) is 0 Å². The first kappa shape index (κ1) is 14.5. The monoisotopic (exact) mass is 343 g/mol. The van der Waals surface area contributed by atoms with Gasteiger partial charge >= 0.3 is 0 Å². The molecule has 1 aromatic heterocycles. The van der Waals surface area contributed by atoms with Crippen molar-refractivity contribution in [3.05, 3.63) is 44.6 Å². The lowest BCUT2D eigenvalue weighted by molar-refractivity contribution is 0.302. The van der Waals surface area contributed by atoms with Crippen LogP contribution in [0.1, 0.15) is 31.5 Å². The lowest BCUT2D eigenvalue weighted by Gasteiger charge is -2.14. The molecular weight excluding hydrogens is 329 g/mol. The van der Waals surface area contributed by atoms with Gasteiger partial charge < -0.3 is 4.74 Å². The highest BCUT2D eigenvalue weighted by molar-refractivity contribution is 9.10. The first-order chi connectivity index (χ1) is 8.86. The zero-order valence-corrected chi connectivity index (χ0v) is 13.4. The van der Waals surface area contributed by atoms with Gasteiger partial charge in [-0.05, 0) is 34.1 Å². The maximum Gasteiger partial charge on any atom is 0.140 e. The molecule has 0 aliphatic rings. The Bertz CT molecular complexity index is 577. The average molecular weight is 344 g/mol. The molecular formula is C14H15BrFNOS. The minimum atomic E-state index is -0.288. The molecule has 0 spiro atoms. The Kier molecular flexibility index (Phi) is 4.26. The third-order valence-electron chi connectivity index (χ3n) is 2.57. The SMILES string of the molecule is CC(C)(C)c1csc(COc2ccc(F)cc2Br)n1. The van der Waals surface area contributed by atoms with Crippen LogP contribution in [-0.2, 0) is 12.0 Å². The van der Waals surface area contributed by atoms with Crippen LogP contribution in [0.15, 0.2) is 28.1 Å². The van der Waals surface area contributed by atoms with E-state index in [1.165, 1.54) is 12.1 Å². The van der Waals surface area contributed by atoms with E-state index in [0.717, 1.165) is 10.7 Å². The second-order valence-corrected chi connectivity index (χ2v) is 7.04. The quantitative estimate of drug-likeness (QED) is 0.788. The highest BCUT2D eigenvalue weighted by atomic mass is 79.9. The van der Waals surface area contributed by atoms with Gasteiger partial charge in [0, 0.05) is 10.8 Å². The van der Waals surface area contributed by atoms with Crippen LogP contribution < -0.4 is 4.74 Å². The van der Waals surface area contributed by atoms with Crippen LogP contribution >= 0.6 is 27.3 Å². The highest BCUT2D eigenvalue weighted by Gasteiger charge is 2.17. The van der Waals surface area contributed by atoms with E-state index >= 15 is 0 Å². The summed E-state index contributed by atoms with van der Waals surface area (Å²) in [6.07, 6.45) is 0. The number of ether oxygens (including phenoxy) is 1. The Morgan fingerprint density at radius 3 is 2.68 bits per heavy atom. The van der Waals surface area contributed by atoms with Crippen LogP contribution in [0.25, 0.3) is 0 Å². The van der Waals surface area contributed by atoms with Crippen molar-refractivity contribution in [3.8, 4) is 5.75 Å². The lowest BCUT2D eigenvalue weighted by atomic mass is 9.93. The van der Waals surface area contributed by atoms with Gasteiger partial charge in [0.2, 0.25) is 0 Å². The standard InChI is InChI=1S/C14H15BrFNOS/c1-14(2,3)12-8-19-13(17-12)7-18-11-5-4-9(16)6-10(11)15/h4-6,8H,7H2,1-3H3. The van der Waals surface area contributed by atoms with Crippen LogP contribution in [0.4, 0.5) is 4.39 Å². The van der Waals surface area contributed by atoms with Gasteiger partial charge in [0.1, 0.15) is 23.2 Å². The number of aromatic nitrogens is 1. The van der Waals surface area contributed by atoms with E-state index in [0.29, 0.717) is 16.8 Å². The molecule has 102 valence electrons. The molecule has 0 saturated carbocycles. The third-order valence-corrected chi connectivity index (χ3v) is 4.01. The minimum Gasteiger partial charge on any atom is -0.485 e. The molecule has 1 heterocycles. The number of hydrogen-bond donors (Lipinski definition) is 0. The summed E-state index contributed by atoms with van der Waals surface area (Å²) in [7, 11) is 0. The molecule has 0 bridgehead atoms. The van der Waals surface area contributed by atoms with Crippen molar-refractivity contribution in [2.45, 2.75) is 32.8 Å². The zero-order chi connectivity index (χ0) is 14.0. The summed E-state index contributed by atoms with van der Waals surface area (Å²) >= 11 is 4.85. The van der Waals surface area contributed by atoms with Crippen LogP contribution in [0.5, 0.6) is 5.75 Å². The molecule has 0 aliphatic heterocycles. The third kappa shape index (κ3) is 3.76. The van der Waals surface area contributed by atoms with Gasteiger partial charge in [0.15, 0.2) is 0 Å². The average Bonchev–Trinajstić information content (AvgIpc) is 2.76. The van der Waals surface area contributed by atoms with E-state index in [-0.39, 0.29) is 11.2 Å². The summed E-state index contributed by atoms with van der Waals surface area (Å²) in [6, 6.07) is 4.37. The minimum absolute atomic E-state index is 0.0468. The van der Waals surface area contributed by atoms with E-state index < -0.39 is 0 Å². The molecule has 0 aliphatic carbocycles. The Labute approximate surface area is 124 Å². The van der Waals surface area contributed by atoms with Crippen molar-refractivity contribution in [3.63, 3.8) is 0 Å². The Balaban J connectivity index is 2.04. The largest absolute Gasteiger partial charge is 0.485 e. The van der Waals surface area contributed by atoms with Crippen molar-refractivity contribution in [1.82, 2.24) is 4.98 Å². The second-order valence-electron chi connectivity index (χ2n) is 5.24. The normalized spacial score (nSPS) is 11.6. The second kappa shape index (κ2) is 5.59. The first-order valence-electron chi connectivity index (χ1n) is 5.89. The fourth-order valence-corrected chi connectivity index (χ4v) is 2.85. The van der Waals surface area contributed by atoms with E-state index in [2.05, 4.69) is 47.1 Å². The molecule has 19 heavy (non-hydrogen) atoms. The highest BCUT2D eigenvalue weighted by Crippen LogP contribution is 2.28. The van der Waals surface area contributed by atoms with Gasteiger partial charge in [-0.25, -0.2) is 9.37 Å². The summed E-state index contributed by atoms with van der Waals surface area (Å²) in [5, 5.41) is 2.97. The number of halogens is 2. The number of benzene rings is 1. The van der Waals surface area contributed by atoms with E-state index in [1.54, 1.807) is 17.4 Å². The summed E-state index contributed by atoms with van der Waals surface area (Å²) in [6.45, 7) is 6.78. The molecule has 0 unspecified atom stereocenters. The van der Waals surface area contributed by atoms with E-state index in [9.17, 15) is 4.39 Å². The molecule has 2 nitrogen and oxygen atoms in total. The fraction of sp³-hybridized carbons (Fsp3) is 0.357. The fourth-order valence-electron chi connectivity index (χ4n) is 1.45. The van der Waals surface area contributed by atoms with Crippen LogP contribution in [0, 0.1) is 5.82 Å². The summed E-state index contributed by atoms with van der Waals surface area (Å²) in [5.74, 6) is 0.331. The number of rotatable bonds is 3. The van der Waals surface area contributed by atoms with Gasteiger partial charge in [-0.15, -0.1) is 11.3 Å². The van der Waals surface area contributed by atoms with E-state index in [4.69, 9.17) is 4.74 Å². The molecule has 1 aromatic carbocycles. The van der Waals surface area contributed by atoms with E-state index in [1.807, 2.05) is 0 Å². The summed E-state index contributed by atoms with van der Waals surface area (Å²) in [5.41, 5.74) is 1.11. The van der Waals surface area contributed by atoms with Gasteiger partial charge in [-0.3, -0.25) is 0 Å². The number of thiazole rings is 1. The smallest absolute Gasteiger partial charge is 0.140 e. The molecule has 0 atom stereocenters. The van der Waals surface area contributed by atoms with Crippen LogP contribution in [-0.4, -0.2) is 4.98 Å². The maximum absolute atomic E-state index is 12.9. The summed E-state index contributed by atoms with van der Waals surface area (Å²) in [4.78, 5) is 4.55. The molecule has 0 fully saturated rings. The predicted molar refractivity (Wildman–Crippen MR) is 79.2 cm³/mol. The van der Waals surface area contributed by atoms with Gasteiger partial charge in [-0.1, -0.05) is 20.8 Å². The molecule has 0 N–H and O–H groups in total. The Morgan fingerprint density at radius 2 is 2.11 bits per heavy atom. The number of nitrogens with zero attached hydrogens (tertiary/aromatic N) is 1. The molecule has 2 aromatic rings. The van der Waals surface area contributed by atoms with Crippen molar-refractivity contribution < 1.29 is 9.13 Å². The van der Waals surface area contributed by atoms with Gasteiger partial charge in [-0.2, -0.15) is 0 Å². The first-order valence-corrected chi connectivity index (χ1v) is 7.56. The topological polar surface area (TPSA) is 22.1 Å². The molecule has 0 saturated heterocycles. The lowest BCUT2D eigenvalue weighted by Crippen LogP contribution is -2.11. The predicted octanol–water partition coefficient (Wildman–Crippen LogP) is 4.92. The zero-order valence-electron chi connectivity index (χ0n) is 11.0. The molecule has 0 amide bonds. The maximum atomic E-state index is 12.9. The van der Waals surface area contributed by atoms with Crippen LogP contribution in [0.3, 0.4) is 0 Å². The Morgan fingerprint density at radius 1 is 1.37 bits per heavy atom. The summed E-state index contributed by atoms with van der Waals surface area (Å²) < 4.78 is 19.2. The van der Waals surface area contributed by atoms with Crippen molar-refractivity contribution >= 4 is 27.3 Å². The molecule has 0 radical (unpaired) electrons. The molecule has 2 rings (SSSR count). The molecule has 5 heteroatoms. The van der Waals surface area contributed by atoms with Crippen LogP contribution in [0.2, 0.25) is 0 Å². The van der Waals surface area contributed by atoms with Crippen molar-refractivity contribution in [2.24, 2.45) is 0 Å². The Hall–Kier alpha value is -0.940. The van der Waals surface area contributed by atoms with Gasteiger partial charge in [0.05, 0.1) is 10.2 Å². The van der Waals surface area contributed by atoms with Crippen molar-refractivity contribution in [1.29, 1.82) is 0 Å². The number of hydrogen-bond acceptors (Lipinski definition) is 3.